The Morgan fingerprint density at radius 1 is 1.44 bits per heavy atom. The van der Waals surface area contributed by atoms with Crippen molar-refractivity contribution in [3.63, 3.8) is 0 Å². The Bertz CT molecular complexity index is 295. The minimum absolute atomic E-state index is 0.515. The average Bonchev–Trinajstić information content (AvgIpc) is 2.38. The maximum absolute atomic E-state index is 10.9. The van der Waals surface area contributed by atoms with Gasteiger partial charge in [0.05, 0.1) is 13.7 Å². The third-order valence-electron chi connectivity index (χ3n) is 4.63. The lowest BCUT2D eigenvalue weighted by Gasteiger charge is -2.47. The molecule has 0 amide bonds. The lowest BCUT2D eigenvalue weighted by molar-refractivity contribution is 0.0361. The predicted molar refractivity (Wildman–Crippen MR) is 79.0 cm³/mol. The molecule has 3 atom stereocenters. The zero-order valence-electron chi connectivity index (χ0n) is 11.1. The van der Waals surface area contributed by atoms with Gasteiger partial charge < -0.3 is 9.47 Å². The number of halogens is 1. The number of fused-ring (bicyclic) bond motifs is 2. The van der Waals surface area contributed by atoms with Gasteiger partial charge in [-0.1, -0.05) is 35.4 Å². The second-order valence-corrected chi connectivity index (χ2v) is 6.76. The summed E-state index contributed by atoms with van der Waals surface area (Å²) >= 11 is 2.56. The van der Waals surface area contributed by atoms with Gasteiger partial charge in [-0.2, -0.15) is 0 Å². The molecule has 2 rings (SSSR count). The maximum Gasteiger partial charge on any atom is 0.507 e. The first-order valence-corrected chi connectivity index (χ1v) is 8.47. The molecule has 18 heavy (non-hydrogen) atoms. The smallest absolute Gasteiger partial charge is 0.438 e. The molecule has 2 fully saturated rings. The highest BCUT2D eigenvalue weighted by Gasteiger charge is 2.41. The predicted octanol–water partition coefficient (Wildman–Crippen LogP) is 4.18. The average molecular weight is 366 g/mol. The van der Waals surface area contributed by atoms with E-state index in [0.717, 1.165) is 18.3 Å². The third kappa shape index (κ3) is 3.52. The van der Waals surface area contributed by atoms with E-state index in [1.807, 2.05) is 0 Å². The minimum Gasteiger partial charge on any atom is -0.438 e. The Morgan fingerprint density at radius 2 is 2.28 bits per heavy atom. The second-order valence-electron chi connectivity index (χ2n) is 5.99. The molecule has 0 radical (unpaired) electrons. The van der Waals surface area contributed by atoms with E-state index >= 15 is 0 Å². The number of alkyl halides is 1. The molecule has 0 aliphatic heterocycles. The standard InChI is InChI=1S/C14H23IO3/c1-17-13(16)18-6-4-12-7-11-3-2-5-14(8-11,9-12)10-15/h11-12H,2-10H2,1H3. The van der Waals surface area contributed by atoms with Crippen LogP contribution in [0.5, 0.6) is 0 Å². The summed E-state index contributed by atoms with van der Waals surface area (Å²) in [7, 11) is 1.36. The summed E-state index contributed by atoms with van der Waals surface area (Å²) < 4.78 is 10.8. The highest BCUT2D eigenvalue weighted by Crippen LogP contribution is 2.52. The van der Waals surface area contributed by atoms with Crippen molar-refractivity contribution >= 4 is 28.7 Å². The monoisotopic (exact) mass is 366 g/mol. The number of methoxy groups -OCH3 is 1. The lowest BCUT2D eigenvalue weighted by Crippen LogP contribution is -2.38. The summed E-state index contributed by atoms with van der Waals surface area (Å²) in [6.07, 6.45) is 8.79. The summed E-state index contributed by atoms with van der Waals surface area (Å²) in [6, 6.07) is 0. The van der Waals surface area contributed by atoms with Crippen molar-refractivity contribution in [3.05, 3.63) is 0 Å². The highest BCUT2D eigenvalue weighted by molar-refractivity contribution is 14.1. The first-order chi connectivity index (χ1) is 8.67. The molecule has 0 aromatic rings. The maximum atomic E-state index is 10.9. The van der Waals surface area contributed by atoms with Gasteiger partial charge in [-0.25, -0.2) is 4.79 Å². The Morgan fingerprint density at radius 3 is 3.00 bits per heavy atom. The van der Waals surface area contributed by atoms with Crippen molar-refractivity contribution < 1.29 is 14.3 Å². The van der Waals surface area contributed by atoms with Crippen LogP contribution in [0, 0.1) is 17.3 Å². The van der Waals surface area contributed by atoms with Crippen LogP contribution in [-0.4, -0.2) is 24.3 Å². The molecule has 2 saturated carbocycles. The Balaban J connectivity index is 1.81. The fraction of sp³-hybridized carbons (Fsp3) is 0.929. The summed E-state index contributed by atoms with van der Waals surface area (Å²) in [6.45, 7) is 0.515. The number of carbonyl (C=O) groups excluding carboxylic acids is 1. The first-order valence-electron chi connectivity index (χ1n) is 6.94. The number of rotatable bonds is 4. The normalized spacial score (nSPS) is 35.0. The van der Waals surface area contributed by atoms with Crippen LogP contribution in [0.3, 0.4) is 0 Å². The largest absolute Gasteiger partial charge is 0.507 e. The second kappa shape index (κ2) is 6.44. The molecule has 2 aliphatic carbocycles. The fourth-order valence-corrected chi connectivity index (χ4v) is 4.90. The zero-order chi connectivity index (χ0) is 13.0. The topological polar surface area (TPSA) is 35.5 Å². The van der Waals surface area contributed by atoms with Crippen molar-refractivity contribution in [3.8, 4) is 0 Å². The molecule has 104 valence electrons. The van der Waals surface area contributed by atoms with Gasteiger partial charge in [0.15, 0.2) is 0 Å². The van der Waals surface area contributed by atoms with Crippen LogP contribution in [0.25, 0.3) is 0 Å². The van der Waals surface area contributed by atoms with E-state index in [1.54, 1.807) is 0 Å². The van der Waals surface area contributed by atoms with Gasteiger partial charge in [0.2, 0.25) is 0 Å². The molecule has 3 unspecified atom stereocenters. The van der Waals surface area contributed by atoms with Crippen LogP contribution in [0.2, 0.25) is 0 Å². The molecule has 4 heteroatoms. The molecule has 0 aromatic heterocycles. The molecule has 3 nitrogen and oxygen atoms in total. The van der Waals surface area contributed by atoms with Gasteiger partial charge in [-0.3, -0.25) is 0 Å². The van der Waals surface area contributed by atoms with Gasteiger partial charge in [0, 0.05) is 4.43 Å². The third-order valence-corrected chi connectivity index (χ3v) is 6.24. The zero-order valence-corrected chi connectivity index (χ0v) is 13.3. The van der Waals surface area contributed by atoms with Gasteiger partial charge in [0.1, 0.15) is 0 Å². The van der Waals surface area contributed by atoms with E-state index in [2.05, 4.69) is 27.3 Å². The van der Waals surface area contributed by atoms with E-state index in [-0.39, 0.29) is 0 Å². The molecule has 0 aromatic carbocycles. The van der Waals surface area contributed by atoms with Gasteiger partial charge in [0.25, 0.3) is 0 Å². The molecular formula is C14H23IO3. The van der Waals surface area contributed by atoms with E-state index in [1.165, 1.54) is 50.1 Å². The van der Waals surface area contributed by atoms with E-state index in [0.29, 0.717) is 12.0 Å². The quantitative estimate of drug-likeness (QED) is 0.425. The number of hydrogen-bond acceptors (Lipinski definition) is 3. The van der Waals surface area contributed by atoms with Crippen LogP contribution >= 0.6 is 22.6 Å². The lowest BCUT2D eigenvalue weighted by atomic mass is 9.59. The van der Waals surface area contributed by atoms with Crippen LogP contribution in [-0.2, 0) is 9.47 Å². The van der Waals surface area contributed by atoms with Crippen molar-refractivity contribution in [2.45, 2.75) is 44.9 Å². The number of ether oxygens (including phenoxy) is 2. The van der Waals surface area contributed by atoms with Gasteiger partial charge in [-0.15, -0.1) is 0 Å². The minimum atomic E-state index is -0.547. The Labute approximate surface area is 123 Å². The molecule has 2 aliphatic rings. The summed E-state index contributed by atoms with van der Waals surface area (Å²) in [4.78, 5) is 10.9. The van der Waals surface area contributed by atoms with Crippen LogP contribution < -0.4 is 0 Å². The molecule has 0 saturated heterocycles. The molecule has 0 N–H and O–H groups in total. The van der Waals surface area contributed by atoms with Crippen molar-refractivity contribution in [2.75, 3.05) is 18.1 Å². The van der Waals surface area contributed by atoms with Crippen LogP contribution in [0.15, 0.2) is 0 Å². The molecule has 0 heterocycles. The van der Waals surface area contributed by atoms with E-state index in [4.69, 9.17) is 4.74 Å². The number of hydrogen-bond donors (Lipinski definition) is 0. The highest BCUT2D eigenvalue weighted by atomic mass is 127. The summed E-state index contributed by atoms with van der Waals surface area (Å²) in [5.74, 6) is 1.66. The summed E-state index contributed by atoms with van der Waals surface area (Å²) in [5.41, 5.74) is 0.595. The van der Waals surface area contributed by atoms with Crippen molar-refractivity contribution in [2.24, 2.45) is 17.3 Å². The molecular weight excluding hydrogens is 343 g/mol. The molecule has 0 spiro atoms. The van der Waals surface area contributed by atoms with E-state index in [9.17, 15) is 4.79 Å². The SMILES string of the molecule is COC(=O)OCCC1CC2CCCC(CI)(C2)C1. The Kier molecular flexibility index (Phi) is 5.15. The summed E-state index contributed by atoms with van der Waals surface area (Å²) in [5, 5.41) is 0. The first kappa shape index (κ1) is 14.4. The van der Waals surface area contributed by atoms with E-state index < -0.39 is 6.16 Å². The van der Waals surface area contributed by atoms with Crippen LogP contribution in [0.4, 0.5) is 4.79 Å². The van der Waals surface area contributed by atoms with Crippen molar-refractivity contribution in [1.29, 1.82) is 0 Å². The fourth-order valence-electron chi connectivity index (χ4n) is 3.90. The van der Waals surface area contributed by atoms with Gasteiger partial charge in [-0.05, 0) is 49.4 Å². The van der Waals surface area contributed by atoms with Crippen LogP contribution in [0.1, 0.15) is 44.9 Å². The number of carbonyl (C=O) groups is 1. The Hall–Kier alpha value is 0. The molecule has 2 bridgehead atoms. The van der Waals surface area contributed by atoms with Crippen molar-refractivity contribution in [1.82, 2.24) is 0 Å². The van der Waals surface area contributed by atoms with Gasteiger partial charge >= 0.3 is 6.16 Å².